The van der Waals surface area contributed by atoms with Crippen LogP contribution in [-0.2, 0) is 0 Å². The van der Waals surface area contributed by atoms with Gasteiger partial charge in [0.05, 0.1) is 6.10 Å². The Labute approximate surface area is 89.3 Å². The van der Waals surface area contributed by atoms with E-state index in [0.717, 1.165) is 13.1 Å². The Hall–Kier alpha value is -0.0800. The summed E-state index contributed by atoms with van der Waals surface area (Å²) in [6, 6.07) is 0.519. The summed E-state index contributed by atoms with van der Waals surface area (Å²) in [5.74, 6) is 1.01. The molecule has 1 N–H and O–H groups in total. The number of rotatable bonds is 6. The molecule has 0 saturated carbocycles. The van der Waals surface area contributed by atoms with Crippen LogP contribution in [0.2, 0.25) is 0 Å². The highest BCUT2D eigenvalue weighted by Gasteiger charge is 2.17. The summed E-state index contributed by atoms with van der Waals surface area (Å²) in [6.45, 7) is 14.8. The molecule has 0 radical (unpaired) electrons. The topological polar surface area (TPSA) is 23.5 Å². The van der Waals surface area contributed by atoms with E-state index in [4.69, 9.17) is 0 Å². The molecule has 0 fully saturated rings. The molecule has 0 amide bonds. The molecule has 0 spiro atoms. The highest BCUT2D eigenvalue weighted by Crippen LogP contribution is 2.09. The molecule has 2 heteroatoms. The lowest BCUT2D eigenvalue weighted by atomic mass is 10.1. The first-order valence-electron chi connectivity index (χ1n) is 5.76. The molecule has 0 aliphatic rings. The summed E-state index contributed by atoms with van der Waals surface area (Å²) < 4.78 is 0. The first-order valence-corrected chi connectivity index (χ1v) is 5.76. The quantitative estimate of drug-likeness (QED) is 0.713. The van der Waals surface area contributed by atoms with Crippen LogP contribution in [0, 0.1) is 11.8 Å². The maximum absolute atomic E-state index is 9.82. The molecule has 0 aliphatic carbocycles. The van der Waals surface area contributed by atoms with Gasteiger partial charge in [0.15, 0.2) is 0 Å². The van der Waals surface area contributed by atoms with E-state index in [9.17, 15) is 5.11 Å². The van der Waals surface area contributed by atoms with Crippen molar-refractivity contribution in [2.45, 2.75) is 53.7 Å². The summed E-state index contributed by atoms with van der Waals surface area (Å²) in [5.41, 5.74) is 0. The maximum atomic E-state index is 9.82. The van der Waals surface area contributed by atoms with Crippen LogP contribution in [0.1, 0.15) is 41.5 Å². The molecular weight excluding hydrogens is 174 g/mol. The Balaban J connectivity index is 4.09. The molecule has 1 atom stereocenters. The van der Waals surface area contributed by atoms with Gasteiger partial charge < -0.3 is 5.11 Å². The molecule has 86 valence electrons. The van der Waals surface area contributed by atoms with Gasteiger partial charge in [-0.25, -0.2) is 0 Å². The molecule has 0 saturated heterocycles. The summed E-state index contributed by atoms with van der Waals surface area (Å²) in [6.07, 6.45) is -0.198. The summed E-state index contributed by atoms with van der Waals surface area (Å²) >= 11 is 0. The van der Waals surface area contributed by atoms with E-state index in [-0.39, 0.29) is 6.10 Å². The highest BCUT2D eigenvalue weighted by molar-refractivity contribution is 4.71. The normalized spacial score (nSPS) is 14.8. The zero-order valence-corrected chi connectivity index (χ0v) is 10.6. The van der Waals surface area contributed by atoms with Crippen molar-refractivity contribution in [3.05, 3.63) is 0 Å². The molecule has 0 heterocycles. The van der Waals surface area contributed by atoms with E-state index in [1.807, 2.05) is 0 Å². The number of hydrogen-bond acceptors (Lipinski definition) is 2. The number of nitrogens with zero attached hydrogens (tertiary/aromatic N) is 1. The smallest absolute Gasteiger partial charge is 0.0690 e. The fourth-order valence-corrected chi connectivity index (χ4v) is 1.42. The minimum atomic E-state index is -0.198. The molecular formula is C12H27NO. The van der Waals surface area contributed by atoms with Crippen LogP contribution in [0.5, 0.6) is 0 Å². The first kappa shape index (κ1) is 13.9. The second-order valence-corrected chi connectivity index (χ2v) is 5.25. The summed E-state index contributed by atoms with van der Waals surface area (Å²) in [4.78, 5) is 2.36. The van der Waals surface area contributed by atoms with Crippen LogP contribution >= 0.6 is 0 Å². The molecule has 2 nitrogen and oxygen atoms in total. The second kappa shape index (κ2) is 6.41. The van der Waals surface area contributed by atoms with E-state index < -0.39 is 0 Å². The zero-order chi connectivity index (χ0) is 11.3. The summed E-state index contributed by atoms with van der Waals surface area (Å²) in [7, 11) is 0. The molecule has 1 unspecified atom stereocenters. The predicted molar refractivity (Wildman–Crippen MR) is 62.4 cm³/mol. The van der Waals surface area contributed by atoms with E-state index >= 15 is 0 Å². The fourth-order valence-electron chi connectivity index (χ4n) is 1.42. The van der Waals surface area contributed by atoms with Gasteiger partial charge in [0.1, 0.15) is 0 Å². The van der Waals surface area contributed by atoms with Gasteiger partial charge >= 0.3 is 0 Å². The fraction of sp³-hybridized carbons (Fsp3) is 1.00. The number of hydrogen-bond donors (Lipinski definition) is 1. The SMILES string of the molecule is CC(C)CN(CC(O)C(C)C)C(C)C. The van der Waals surface area contributed by atoms with Gasteiger partial charge in [-0.1, -0.05) is 27.7 Å². The lowest BCUT2D eigenvalue weighted by Crippen LogP contribution is -2.41. The van der Waals surface area contributed by atoms with Gasteiger partial charge in [-0.2, -0.15) is 0 Å². The predicted octanol–water partition coefficient (Wildman–Crippen LogP) is 2.37. The summed E-state index contributed by atoms with van der Waals surface area (Å²) in [5, 5.41) is 9.82. The van der Waals surface area contributed by atoms with Crippen LogP contribution in [0.25, 0.3) is 0 Å². The van der Waals surface area contributed by atoms with Gasteiger partial charge in [0, 0.05) is 19.1 Å². The van der Waals surface area contributed by atoms with Crippen molar-refractivity contribution in [2.24, 2.45) is 11.8 Å². The highest BCUT2D eigenvalue weighted by atomic mass is 16.3. The standard InChI is InChI=1S/C12H27NO/c1-9(2)7-13(11(5)6)8-12(14)10(3)4/h9-12,14H,7-8H2,1-6H3. The monoisotopic (exact) mass is 201 g/mol. The molecule has 0 aromatic carbocycles. The van der Waals surface area contributed by atoms with Crippen molar-refractivity contribution < 1.29 is 5.11 Å². The first-order chi connectivity index (χ1) is 6.34. The van der Waals surface area contributed by atoms with E-state index in [0.29, 0.717) is 17.9 Å². The van der Waals surface area contributed by atoms with Gasteiger partial charge in [-0.15, -0.1) is 0 Å². The van der Waals surface area contributed by atoms with Crippen LogP contribution in [-0.4, -0.2) is 35.2 Å². The molecule has 14 heavy (non-hydrogen) atoms. The molecule has 0 aromatic rings. The zero-order valence-electron chi connectivity index (χ0n) is 10.6. The van der Waals surface area contributed by atoms with E-state index in [2.05, 4.69) is 46.4 Å². The molecule has 0 bridgehead atoms. The molecule has 0 aromatic heterocycles. The van der Waals surface area contributed by atoms with E-state index in [1.165, 1.54) is 0 Å². The average molecular weight is 201 g/mol. The Bertz CT molecular complexity index is 143. The largest absolute Gasteiger partial charge is 0.392 e. The van der Waals surface area contributed by atoms with Crippen LogP contribution in [0.3, 0.4) is 0 Å². The van der Waals surface area contributed by atoms with Gasteiger partial charge in [0.2, 0.25) is 0 Å². The third-order valence-corrected chi connectivity index (χ3v) is 2.52. The maximum Gasteiger partial charge on any atom is 0.0690 e. The van der Waals surface area contributed by atoms with Gasteiger partial charge in [-0.3, -0.25) is 4.90 Å². The minimum Gasteiger partial charge on any atom is -0.392 e. The molecule has 0 rings (SSSR count). The lowest BCUT2D eigenvalue weighted by Gasteiger charge is -2.31. The van der Waals surface area contributed by atoms with Crippen molar-refractivity contribution in [3.8, 4) is 0 Å². The minimum absolute atomic E-state index is 0.198. The lowest BCUT2D eigenvalue weighted by molar-refractivity contribution is 0.0581. The van der Waals surface area contributed by atoms with Crippen molar-refractivity contribution in [3.63, 3.8) is 0 Å². The molecule has 0 aliphatic heterocycles. The third-order valence-electron chi connectivity index (χ3n) is 2.52. The Morgan fingerprint density at radius 1 is 0.929 bits per heavy atom. The van der Waals surface area contributed by atoms with Crippen LogP contribution < -0.4 is 0 Å². The van der Waals surface area contributed by atoms with Crippen molar-refractivity contribution in [2.75, 3.05) is 13.1 Å². The Morgan fingerprint density at radius 3 is 1.71 bits per heavy atom. The number of aliphatic hydroxyl groups is 1. The van der Waals surface area contributed by atoms with Gasteiger partial charge in [-0.05, 0) is 25.7 Å². The van der Waals surface area contributed by atoms with E-state index in [1.54, 1.807) is 0 Å². The van der Waals surface area contributed by atoms with Crippen LogP contribution in [0.15, 0.2) is 0 Å². The van der Waals surface area contributed by atoms with Crippen molar-refractivity contribution in [1.29, 1.82) is 0 Å². The number of aliphatic hydroxyl groups excluding tert-OH is 1. The van der Waals surface area contributed by atoms with Crippen molar-refractivity contribution >= 4 is 0 Å². The Morgan fingerprint density at radius 2 is 1.43 bits per heavy atom. The van der Waals surface area contributed by atoms with Crippen molar-refractivity contribution in [1.82, 2.24) is 4.90 Å². The second-order valence-electron chi connectivity index (χ2n) is 5.25. The average Bonchev–Trinajstić information content (AvgIpc) is 2.01. The third kappa shape index (κ3) is 5.61. The van der Waals surface area contributed by atoms with Crippen LogP contribution in [0.4, 0.5) is 0 Å². The van der Waals surface area contributed by atoms with Gasteiger partial charge in [0.25, 0.3) is 0 Å². The Kier molecular flexibility index (Phi) is 6.38.